The highest BCUT2D eigenvalue weighted by molar-refractivity contribution is 14.0. The van der Waals surface area contributed by atoms with Crippen LogP contribution in [0.2, 0.25) is 5.02 Å². The van der Waals surface area contributed by atoms with Gasteiger partial charge in [-0.25, -0.2) is 0 Å². The zero-order valence-corrected chi connectivity index (χ0v) is 17.4. The molecule has 0 amide bonds. The van der Waals surface area contributed by atoms with Crippen LogP contribution < -0.4 is 9.84 Å². The number of carboxylic acid groups (broad SMARTS) is 1. The normalized spacial score (nSPS) is 17.1. The van der Waals surface area contributed by atoms with Gasteiger partial charge in [-0.1, -0.05) is 11.6 Å². The third kappa shape index (κ3) is 8.77. The lowest BCUT2D eigenvalue weighted by Crippen LogP contribution is -2.43. The van der Waals surface area contributed by atoms with Gasteiger partial charge < -0.3 is 19.1 Å². The second-order valence-corrected chi connectivity index (χ2v) is 6.87. The number of likely N-dealkylation sites (tertiary alicyclic amines) is 1. The fourth-order valence-corrected chi connectivity index (χ4v) is 2.58. The molecule has 1 unspecified atom stereocenters. The first-order valence-corrected chi connectivity index (χ1v) is 8.05. The molecule has 132 valence electrons. The van der Waals surface area contributed by atoms with Crippen molar-refractivity contribution in [3.05, 3.63) is 28.8 Å². The second-order valence-electron chi connectivity index (χ2n) is 6.43. The van der Waals surface area contributed by atoms with Crippen molar-refractivity contribution in [2.75, 3.05) is 27.2 Å². The van der Waals surface area contributed by atoms with Gasteiger partial charge in [-0.2, -0.15) is 0 Å². The lowest BCUT2D eigenvalue weighted by molar-refractivity contribution is -0.894. The number of nitrogens with zero attached hydrogens (tertiary/aromatic N) is 1. The fraction of sp³-hybridized carbons (Fsp3) is 0.588. The number of aryl methyl sites for hydroxylation is 1. The van der Waals surface area contributed by atoms with Crippen LogP contribution in [0.4, 0.5) is 0 Å². The van der Waals surface area contributed by atoms with E-state index in [0.717, 1.165) is 5.56 Å². The molecule has 1 saturated heterocycles. The number of ether oxygens (including phenoxy) is 1. The maximum Gasteiger partial charge on any atom is 0.135 e. The Morgan fingerprint density at radius 3 is 2.22 bits per heavy atom. The predicted molar refractivity (Wildman–Crippen MR) is 102 cm³/mol. The number of halogens is 2. The van der Waals surface area contributed by atoms with Crippen molar-refractivity contribution < 1.29 is 19.1 Å². The van der Waals surface area contributed by atoms with E-state index in [4.69, 9.17) is 16.3 Å². The lowest BCUT2D eigenvalue weighted by Gasteiger charge is -2.33. The maximum atomic E-state index is 10.4. The van der Waals surface area contributed by atoms with Crippen molar-refractivity contribution in [1.29, 1.82) is 0 Å². The van der Waals surface area contributed by atoms with Gasteiger partial charge in [-0.3, -0.25) is 0 Å². The summed E-state index contributed by atoms with van der Waals surface area (Å²) in [6, 6.07) is 4.99. The van der Waals surface area contributed by atoms with E-state index in [-0.39, 0.29) is 24.0 Å². The van der Waals surface area contributed by atoms with Crippen molar-refractivity contribution >= 4 is 41.5 Å². The molecule has 1 fully saturated rings. The van der Waals surface area contributed by atoms with E-state index in [0.29, 0.717) is 10.8 Å². The van der Waals surface area contributed by atoms with E-state index in [1.165, 1.54) is 43.8 Å². The number of hydrogen-bond acceptors (Lipinski definition) is 3. The number of hydrogen-bond donors (Lipinski definition) is 0. The van der Waals surface area contributed by atoms with E-state index in [9.17, 15) is 9.90 Å². The number of rotatable bonds is 3. The van der Waals surface area contributed by atoms with Gasteiger partial charge in [0.25, 0.3) is 0 Å². The Bertz CT molecular complexity index is 501. The smallest absolute Gasteiger partial charge is 0.135 e. The van der Waals surface area contributed by atoms with Gasteiger partial charge in [0.15, 0.2) is 0 Å². The van der Waals surface area contributed by atoms with Crippen LogP contribution >= 0.6 is 35.6 Å². The highest BCUT2D eigenvalue weighted by Gasteiger charge is 2.17. The highest BCUT2D eigenvalue weighted by Crippen LogP contribution is 2.22. The number of carbonyl (C=O) groups is 1. The van der Waals surface area contributed by atoms with Crippen LogP contribution in [0.3, 0.4) is 0 Å². The minimum Gasteiger partial charge on any atom is -0.546 e. The average molecular weight is 456 g/mol. The maximum absolute atomic E-state index is 10.4. The Kier molecular flexibility index (Phi) is 10.1. The van der Waals surface area contributed by atoms with Crippen molar-refractivity contribution in [3.8, 4) is 5.75 Å². The van der Waals surface area contributed by atoms with Gasteiger partial charge in [0.1, 0.15) is 11.9 Å². The van der Waals surface area contributed by atoms with Crippen LogP contribution in [0.15, 0.2) is 18.2 Å². The molecule has 4 nitrogen and oxygen atoms in total. The van der Waals surface area contributed by atoms with Gasteiger partial charge in [0.05, 0.1) is 33.2 Å². The van der Waals surface area contributed by atoms with Gasteiger partial charge in [-0.15, -0.1) is 24.0 Å². The molecular formula is C17H27ClINO3. The van der Waals surface area contributed by atoms with Gasteiger partial charge >= 0.3 is 0 Å². The first-order chi connectivity index (χ1) is 10.2. The van der Waals surface area contributed by atoms with Crippen LogP contribution in [-0.4, -0.2) is 43.7 Å². The molecule has 0 radical (unpaired) electrons. The molecule has 1 atom stereocenters. The number of piperidine rings is 1. The van der Waals surface area contributed by atoms with E-state index in [1.54, 1.807) is 25.1 Å². The van der Waals surface area contributed by atoms with Crippen LogP contribution in [0, 0.1) is 6.92 Å². The number of carbonyl (C=O) groups excluding carboxylic acids is 1. The van der Waals surface area contributed by atoms with E-state index >= 15 is 0 Å². The van der Waals surface area contributed by atoms with Gasteiger partial charge in [0, 0.05) is 5.02 Å². The predicted octanol–water partition coefficient (Wildman–Crippen LogP) is 3.03. The minimum atomic E-state index is -1.24. The molecule has 2 rings (SSSR count). The summed E-state index contributed by atoms with van der Waals surface area (Å²) in [6.45, 7) is 5.99. The quantitative estimate of drug-likeness (QED) is 0.520. The summed E-state index contributed by atoms with van der Waals surface area (Å²) in [5, 5.41) is 11.0. The van der Waals surface area contributed by atoms with E-state index in [1.807, 2.05) is 0 Å². The Morgan fingerprint density at radius 2 is 1.83 bits per heavy atom. The third-order valence-corrected chi connectivity index (χ3v) is 4.03. The SMILES string of the molecule is C[N+]1(C)CCCCC1.Cc1cc(Cl)ccc1OC(C)C(=O)[O-].I. The summed E-state index contributed by atoms with van der Waals surface area (Å²) in [6.07, 6.45) is 3.37. The molecule has 0 bridgehead atoms. The van der Waals surface area contributed by atoms with Crippen molar-refractivity contribution in [2.45, 2.75) is 39.2 Å². The zero-order valence-electron chi connectivity index (χ0n) is 14.3. The number of aliphatic carboxylic acids is 1. The molecule has 1 aromatic carbocycles. The van der Waals surface area contributed by atoms with Crippen LogP contribution in [-0.2, 0) is 4.79 Å². The molecule has 0 spiro atoms. The molecule has 0 aliphatic carbocycles. The Labute approximate surface area is 161 Å². The summed E-state index contributed by atoms with van der Waals surface area (Å²) in [7, 11) is 4.64. The van der Waals surface area contributed by atoms with E-state index in [2.05, 4.69) is 14.1 Å². The Hall–Kier alpha value is -0.530. The standard InChI is InChI=1S/C10H11ClO3.C7H16N.HI/c1-6-5-8(11)3-4-9(6)14-7(2)10(12)13;1-8(2)6-4-3-5-7-8;/h3-5,7H,1-2H3,(H,12,13);3-7H2,1-2H3;1H/q;+1;/p-1. The highest BCUT2D eigenvalue weighted by atomic mass is 127. The molecule has 0 saturated carbocycles. The zero-order chi connectivity index (χ0) is 16.8. The van der Waals surface area contributed by atoms with Crippen molar-refractivity contribution in [3.63, 3.8) is 0 Å². The average Bonchev–Trinajstić information content (AvgIpc) is 2.42. The first kappa shape index (κ1) is 22.5. The first-order valence-electron chi connectivity index (χ1n) is 7.67. The largest absolute Gasteiger partial charge is 0.546 e. The van der Waals surface area contributed by atoms with Crippen LogP contribution in [0.25, 0.3) is 0 Å². The van der Waals surface area contributed by atoms with Gasteiger partial charge in [-0.05, 0) is 56.9 Å². The molecule has 1 aliphatic rings. The van der Waals surface area contributed by atoms with Crippen molar-refractivity contribution in [2.24, 2.45) is 0 Å². The van der Waals surface area contributed by atoms with Crippen LogP contribution in [0.1, 0.15) is 31.7 Å². The Balaban J connectivity index is 0.000000460. The Morgan fingerprint density at radius 1 is 1.26 bits per heavy atom. The number of benzene rings is 1. The number of carboxylic acids is 1. The van der Waals surface area contributed by atoms with Gasteiger partial charge in [0.2, 0.25) is 0 Å². The molecular weight excluding hydrogens is 429 g/mol. The topological polar surface area (TPSA) is 49.4 Å². The summed E-state index contributed by atoms with van der Waals surface area (Å²) in [5.74, 6) is -0.731. The molecule has 0 N–H and O–H groups in total. The summed E-state index contributed by atoms with van der Waals surface area (Å²) in [5.41, 5.74) is 0.797. The molecule has 23 heavy (non-hydrogen) atoms. The summed E-state index contributed by atoms with van der Waals surface area (Å²) < 4.78 is 6.39. The second kappa shape index (κ2) is 10.4. The lowest BCUT2D eigenvalue weighted by atomic mass is 10.1. The molecule has 1 heterocycles. The van der Waals surface area contributed by atoms with E-state index < -0.39 is 12.1 Å². The molecule has 0 aromatic heterocycles. The van der Waals surface area contributed by atoms with Crippen LogP contribution in [0.5, 0.6) is 5.75 Å². The minimum absolute atomic E-state index is 0. The molecule has 1 aliphatic heterocycles. The fourth-order valence-electron chi connectivity index (χ4n) is 2.35. The third-order valence-electron chi connectivity index (χ3n) is 3.80. The summed E-state index contributed by atoms with van der Waals surface area (Å²) >= 11 is 5.73. The molecule has 1 aromatic rings. The monoisotopic (exact) mass is 455 g/mol. The molecule has 6 heteroatoms. The van der Waals surface area contributed by atoms with Crippen molar-refractivity contribution in [1.82, 2.24) is 0 Å². The number of quaternary nitrogens is 1. The summed E-state index contributed by atoms with van der Waals surface area (Å²) in [4.78, 5) is 10.4.